The molecule has 0 aromatic heterocycles. The van der Waals surface area contributed by atoms with Crippen molar-refractivity contribution >= 4 is 17.5 Å². The lowest BCUT2D eigenvalue weighted by Crippen LogP contribution is -2.41. The number of methoxy groups -OCH3 is 2. The molecule has 1 aliphatic heterocycles. The smallest absolute Gasteiger partial charge is 0.248 e. The second-order valence-corrected chi connectivity index (χ2v) is 6.22. The van der Waals surface area contributed by atoms with E-state index in [4.69, 9.17) is 9.47 Å². The van der Waals surface area contributed by atoms with Crippen LogP contribution < -0.4 is 20.3 Å². The van der Waals surface area contributed by atoms with E-state index in [0.29, 0.717) is 24.5 Å². The predicted octanol–water partition coefficient (Wildman–Crippen LogP) is 1.99. The molecule has 0 saturated carbocycles. The number of ether oxygens (including phenoxy) is 2. The lowest BCUT2D eigenvalue weighted by molar-refractivity contribution is -0.138. The lowest BCUT2D eigenvalue weighted by Gasteiger charge is -2.17. The Hall–Kier alpha value is -3.06. The van der Waals surface area contributed by atoms with E-state index in [2.05, 4.69) is 10.9 Å². The monoisotopic (exact) mass is 369 g/mol. The average Bonchev–Trinajstić information content (AvgIpc) is 2.98. The quantitative estimate of drug-likeness (QED) is 0.547. The fraction of sp³-hybridized carbons (Fsp3) is 0.300. The van der Waals surface area contributed by atoms with Gasteiger partial charge < -0.3 is 14.9 Å². The number of para-hydroxylation sites is 1. The summed E-state index contributed by atoms with van der Waals surface area (Å²) in [5.74, 6) is 0.878. The number of imide groups is 1. The van der Waals surface area contributed by atoms with Crippen molar-refractivity contribution in [2.75, 3.05) is 26.2 Å². The summed E-state index contributed by atoms with van der Waals surface area (Å²) >= 11 is 0. The number of anilines is 1. The first-order valence-electron chi connectivity index (χ1n) is 8.74. The summed E-state index contributed by atoms with van der Waals surface area (Å²) in [4.78, 5) is 26.1. The van der Waals surface area contributed by atoms with Crippen molar-refractivity contribution in [2.24, 2.45) is 0 Å². The molecule has 142 valence electrons. The van der Waals surface area contributed by atoms with E-state index in [1.54, 1.807) is 14.2 Å². The summed E-state index contributed by atoms with van der Waals surface area (Å²) in [5, 5.41) is 0. The van der Waals surface area contributed by atoms with Crippen LogP contribution >= 0.6 is 0 Å². The molecule has 0 bridgehead atoms. The molecule has 2 N–H and O–H groups in total. The largest absolute Gasteiger partial charge is 0.493 e. The maximum atomic E-state index is 12.5. The number of hydrogen-bond acceptors (Lipinski definition) is 6. The predicted molar refractivity (Wildman–Crippen MR) is 102 cm³/mol. The molecule has 2 aromatic carbocycles. The fourth-order valence-electron chi connectivity index (χ4n) is 3.00. The van der Waals surface area contributed by atoms with E-state index in [1.165, 1.54) is 4.90 Å². The number of hydrogen-bond donors (Lipinski definition) is 2. The maximum absolute atomic E-state index is 12.5. The van der Waals surface area contributed by atoms with Crippen molar-refractivity contribution in [3.63, 3.8) is 0 Å². The Labute approximate surface area is 158 Å². The molecule has 0 radical (unpaired) electrons. The summed E-state index contributed by atoms with van der Waals surface area (Å²) in [6, 6.07) is 14.5. The molecule has 2 aromatic rings. The molecular weight excluding hydrogens is 346 g/mol. The number of likely N-dealkylation sites (tertiary alicyclic amines) is 1. The zero-order valence-electron chi connectivity index (χ0n) is 15.4. The highest BCUT2D eigenvalue weighted by atomic mass is 16.5. The molecule has 1 atom stereocenters. The second-order valence-electron chi connectivity index (χ2n) is 6.22. The number of rotatable bonds is 8. The van der Waals surface area contributed by atoms with Crippen LogP contribution in [-0.4, -0.2) is 43.5 Å². The second kappa shape index (κ2) is 8.55. The van der Waals surface area contributed by atoms with Crippen molar-refractivity contribution in [1.29, 1.82) is 0 Å². The zero-order chi connectivity index (χ0) is 19.2. The number of nitrogens with zero attached hydrogens (tertiary/aromatic N) is 1. The van der Waals surface area contributed by atoms with Gasteiger partial charge in [-0.15, -0.1) is 0 Å². The summed E-state index contributed by atoms with van der Waals surface area (Å²) in [6.45, 7) is 0.330. The molecule has 1 aliphatic rings. The van der Waals surface area contributed by atoms with Crippen LogP contribution in [0.5, 0.6) is 11.5 Å². The fourth-order valence-corrected chi connectivity index (χ4v) is 3.00. The van der Waals surface area contributed by atoms with Gasteiger partial charge >= 0.3 is 0 Å². The molecular formula is C20H23N3O4. The third kappa shape index (κ3) is 4.38. The first-order valence-corrected chi connectivity index (χ1v) is 8.74. The molecule has 0 aliphatic carbocycles. The number of carbonyl (C=O) groups is 2. The van der Waals surface area contributed by atoms with Crippen molar-refractivity contribution in [1.82, 2.24) is 10.3 Å². The minimum atomic E-state index is -0.567. The molecule has 2 amide bonds. The van der Waals surface area contributed by atoms with Gasteiger partial charge in [-0.3, -0.25) is 14.5 Å². The molecule has 3 rings (SSSR count). The Morgan fingerprint density at radius 1 is 1.04 bits per heavy atom. The first-order chi connectivity index (χ1) is 13.1. The number of carbonyl (C=O) groups excluding carboxylic acids is 2. The van der Waals surface area contributed by atoms with Crippen molar-refractivity contribution < 1.29 is 19.1 Å². The van der Waals surface area contributed by atoms with Gasteiger partial charge in [0.05, 0.1) is 20.6 Å². The number of benzene rings is 2. The average molecular weight is 369 g/mol. The van der Waals surface area contributed by atoms with Gasteiger partial charge in [-0.1, -0.05) is 24.3 Å². The third-order valence-electron chi connectivity index (χ3n) is 4.48. The molecule has 7 nitrogen and oxygen atoms in total. The Balaban J connectivity index is 1.57. The van der Waals surface area contributed by atoms with Crippen molar-refractivity contribution in [2.45, 2.75) is 18.9 Å². The van der Waals surface area contributed by atoms with Crippen LogP contribution in [0, 0.1) is 0 Å². The summed E-state index contributed by atoms with van der Waals surface area (Å²) < 4.78 is 10.5. The minimum absolute atomic E-state index is 0.143. The minimum Gasteiger partial charge on any atom is -0.493 e. The number of hydrazine groups is 1. The highest BCUT2D eigenvalue weighted by Crippen LogP contribution is 2.28. The zero-order valence-corrected chi connectivity index (χ0v) is 15.4. The van der Waals surface area contributed by atoms with E-state index in [0.717, 1.165) is 11.3 Å². The maximum Gasteiger partial charge on any atom is 0.248 e. The van der Waals surface area contributed by atoms with Crippen molar-refractivity contribution in [3.8, 4) is 11.5 Å². The highest BCUT2D eigenvalue weighted by molar-refractivity contribution is 6.05. The standard InChI is InChI=1S/C20H23N3O4/c1-26-17-9-8-14(12-18(17)27-2)10-11-23-19(24)13-16(20(23)25)22-21-15-6-4-3-5-7-15/h3-9,12,16,21-22H,10-11,13H2,1-2H3/t16-/m0/s1. The Morgan fingerprint density at radius 3 is 2.48 bits per heavy atom. The summed E-state index contributed by atoms with van der Waals surface area (Å²) in [7, 11) is 3.15. The topological polar surface area (TPSA) is 79.9 Å². The molecule has 1 fully saturated rings. The van der Waals surface area contributed by atoms with E-state index in [-0.39, 0.29) is 18.2 Å². The SMILES string of the molecule is COc1ccc(CCN2C(=O)C[C@H](NNc3ccccc3)C2=O)cc1OC. The Bertz CT molecular complexity index is 810. The van der Waals surface area contributed by atoms with Gasteiger partial charge in [0, 0.05) is 12.2 Å². The van der Waals surface area contributed by atoms with Gasteiger partial charge in [0.2, 0.25) is 11.8 Å². The van der Waals surface area contributed by atoms with Crippen LogP contribution in [0.3, 0.4) is 0 Å². The number of amides is 2. The van der Waals surface area contributed by atoms with E-state index >= 15 is 0 Å². The molecule has 1 heterocycles. The number of nitrogens with one attached hydrogen (secondary N) is 2. The molecule has 1 saturated heterocycles. The van der Waals surface area contributed by atoms with Crippen molar-refractivity contribution in [3.05, 3.63) is 54.1 Å². The van der Waals surface area contributed by atoms with E-state index in [9.17, 15) is 9.59 Å². The lowest BCUT2D eigenvalue weighted by atomic mass is 10.1. The van der Waals surface area contributed by atoms with Gasteiger partial charge in [-0.25, -0.2) is 5.43 Å². The molecule has 0 spiro atoms. The van der Waals surface area contributed by atoms with Crippen LogP contribution in [0.25, 0.3) is 0 Å². The van der Waals surface area contributed by atoms with Crippen LogP contribution in [0.4, 0.5) is 5.69 Å². The van der Waals surface area contributed by atoms with Gasteiger partial charge in [0.1, 0.15) is 6.04 Å². The van der Waals surface area contributed by atoms with Gasteiger partial charge in [-0.2, -0.15) is 0 Å². The van der Waals surface area contributed by atoms with Gasteiger partial charge in [0.15, 0.2) is 11.5 Å². The summed E-state index contributed by atoms with van der Waals surface area (Å²) in [5.41, 5.74) is 7.72. The summed E-state index contributed by atoms with van der Waals surface area (Å²) in [6.07, 6.45) is 0.696. The van der Waals surface area contributed by atoms with Gasteiger partial charge in [-0.05, 0) is 36.2 Å². The van der Waals surface area contributed by atoms with Crippen LogP contribution in [0.2, 0.25) is 0 Å². The molecule has 0 unspecified atom stereocenters. The third-order valence-corrected chi connectivity index (χ3v) is 4.48. The first kappa shape index (κ1) is 18.7. The normalized spacial score (nSPS) is 16.5. The molecule has 27 heavy (non-hydrogen) atoms. The van der Waals surface area contributed by atoms with Crippen LogP contribution in [0.15, 0.2) is 48.5 Å². The Kier molecular flexibility index (Phi) is 5.93. The van der Waals surface area contributed by atoms with Crippen LogP contribution in [-0.2, 0) is 16.0 Å². The highest BCUT2D eigenvalue weighted by Gasteiger charge is 2.38. The van der Waals surface area contributed by atoms with E-state index in [1.807, 2.05) is 48.5 Å². The molecule has 7 heteroatoms. The van der Waals surface area contributed by atoms with Crippen LogP contribution in [0.1, 0.15) is 12.0 Å². The Morgan fingerprint density at radius 2 is 1.78 bits per heavy atom. The van der Waals surface area contributed by atoms with E-state index < -0.39 is 6.04 Å². The van der Waals surface area contributed by atoms with Gasteiger partial charge in [0.25, 0.3) is 0 Å².